The Morgan fingerprint density at radius 2 is 0.547 bits per heavy atom. The summed E-state index contributed by atoms with van der Waals surface area (Å²) in [5, 5.41) is 20.3. The standard InChI is InChI=1S/C36H25NO3P.C24BF20/c38-37(39)35-31-22-12-10-14-26(31)25-34-33(35)24-27-15-11-13-23-32(27)36(34)40-41(28-16-4-1-5-17-28,29-18-6-2-7-19-29)30-20-8-3-9-21-30;26-5-1(6(27)14(35)21(42)13(5)34)25(2-7(28)15(36)22(43)16(37)8(2)29,3-9(30)17(38)23(44)18(39)10(3)31)4-11(32)19(40)24(45)20(41)12(4)33/h1-25H;/q+1;-1. The zero-order chi connectivity index (χ0) is 62.2. The largest absolute Gasteiger partial charge is 0.333 e. The molecule has 0 aromatic heterocycles. The Morgan fingerprint density at radius 1 is 0.302 bits per heavy atom. The Kier molecular flexibility index (Phi) is 15.6. The van der Waals surface area contributed by atoms with Gasteiger partial charge in [-0.2, -0.15) is 0 Å². The van der Waals surface area contributed by atoms with E-state index in [1.807, 2.05) is 115 Å². The van der Waals surface area contributed by atoms with E-state index in [1.54, 1.807) is 0 Å². The van der Waals surface area contributed by atoms with Crippen LogP contribution in [0.2, 0.25) is 0 Å². The number of non-ortho nitro benzene ring substituents is 1. The van der Waals surface area contributed by atoms with Gasteiger partial charge < -0.3 is 4.52 Å². The molecule has 436 valence electrons. The quantitative estimate of drug-likeness (QED) is 0.0200. The second-order valence-corrected chi connectivity index (χ2v) is 21.7. The monoisotopic (exact) mass is 1230 g/mol. The van der Waals surface area contributed by atoms with E-state index in [4.69, 9.17) is 4.52 Å². The van der Waals surface area contributed by atoms with Crippen LogP contribution in [0.3, 0.4) is 0 Å². The molecule has 0 spiro atoms. The van der Waals surface area contributed by atoms with Gasteiger partial charge in [0.1, 0.15) is 68.6 Å². The van der Waals surface area contributed by atoms with Crippen molar-refractivity contribution < 1.29 is 97.3 Å². The molecule has 26 heteroatoms. The van der Waals surface area contributed by atoms with Gasteiger partial charge in [0.25, 0.3) is 13.2 Å². The number of nitrogens with zero attached hydrogens (tertiary/aromatic N) is 1. The van der Waals surface area contributed by atoms with Gasteiger partial charge in [-0.25, -0.2) is 87.8 Å². The second-order valence-electron chi connectivity index (χ2n) is 18.7. The highest BCUT2D eigenvalue weighted by Crippen LogP contribution is 2.59. The SMILES string of the molecule is Fc1c(F)c(F)c([B-](c2c(F)c(F)c(F)c(F)c2F)(c2c(F)c(F)c(F)c(F)c2F)c2c(F)c(F)c(F)c(F)c2F)c(F)c1F.O=[N+]([O-])c1c2ccccc2cc2c(O[P+](c3ccccc3)(c3ccccc3)c3ccccc3)c3ccccc3cc12. The third-order valence-electron chi connectivity index (χ3n) is 14.3. The number of halogens is 20. The number of benzene rings is 11. The molecular weight excluding hydrogens is 1200 g/mol. The number of fused-ring (bicyclic) bond motifs is 3. The highest BCUT2D eigenvalue weighted by atomic mass is 31.2. The Bertz CT molecular complexity index is 4130. The fourth-order valence-corrected chi connectivity index (χ4v) is 14.1. The number of hydrogen-bond acceptors (Lipinski definition) is 3. The zero-order valence-corrected chi connectivity index (χ0v) is 43.1. The average Bonchev–Trinajstić information content (AvgIpc) is 0.715. The molecule has 0 amide bonds. The molecule has 0 atom stereocenters. The van der Waals surface area contributed by atoms with E-state index in [1.165, 1.54) is 0 Å². The van der Waals surface area contributed by atoms with Crippen LogP contribution in [0.15, 0.2) is 152 Å². The molecule has 11 rings (SSSR count). The van der Waals surface area contributed by atoms with Gasteiger partial charge in [-0.1, -0.05) is 97.1 Å². The first kappa shape index (κ1) is 59.6. The number of rotatable bonds is 10. The van der Waals surface area contributed by atoms with Crippen molar-refractivity contribution in [2.24, 2.45) is 0 Å². The molecule has 0 radical (unpaired) electrons. The summed E-state index contributed by atoms with van der Waals surface area (Å²) in [5.41, 5.74) is -14.2. The summed E-state index contributed by atoms with van der Waals surface area (Å²) >= 11 is 0. The van der Waals surface area contributed by atoms with Crippen molar-refractivity contribution in [2.45, 2.75) is 0 Å². The van der Waals surface area contributed by atoms with Crippen molar-refractivity contribution in [3.63, 3.8) is 0 Å². The molecule has 11 aromatic carbocycles. The molecule has 0 bridgehead atoms. The molecule has 0 saturated heterocycles. The second kappa shape index (κ2) is 22.5. The smallest absolute Gasteiger partial charge is 0.287 e. The van der Waals surface area contributed by atoms with Crippen LogP contribution in [0.4, 0.5) is 93.5 Å². The molecule has 0 aliphatic carbocycles. The lowest BCUT2D eigenvalue weighted by molar-refractivity contribution is -0.381. The third-order valence-corrected chi connectivity index (χ3v) is 17.8. The Hall–Kier alpha value is -9.51. The van der Waals surface area contributed by atoms with Gasteiger partial charge in [-0.15, -0.1) is 21.9 Å². The van der Waals surface area contributed by atoms with E-state index >= 15 is 35.1 Å². The maximum atomic E-state index is 15.4. The van der Waals surface area contributed by atoms with Crippen LogP contribution in [-0.2, 0) is 0 Å². The van der Waals surface area contributed by atoms with Crippen LogP contribution in [0.25, 0.3) is 32.3 Å². The Morgan fingerprint density at radius 3 is 0.849 bits per heavy atom. The van der Waals surface area contributed by atoms with Gasteiger partial charge in [-0.05, 0) is 65.4 Å². The lowest BCUT2D eigenvalue weighted by Gasteiger charge is -2.44. The van der Waals surface area contributed by atoms with E-state index in [-0.39, 0.29) is 10.6 Å². The van der Waals surface area contributed by atoms with E-state index in [2.05, 4.69) is 36.4 Å². The molecule has 0 aliphatic heterocycles. The maximum Gasteiger partial charge on any atom is 0.287 e. The lowest BCUT2D eigenvalue weighted by atomic mass is 9.12. The highest BCUT2D eigenvalue weighted by Gasteiger charge is 2.53. The predicted molar refractivity (Wildman–Crippen MR) is 281 cm³/mol. The van der Waals surface area contributed by atoms with Gasteiger partial charge in [0.2, 0.25) is 0 Å². The van der Waals surface area contributed by atoms with Gasteiger partial charge in [0, 0.05) is 10.8 Å². The van der Waals surface area contributed by atoms with Crippen LogP contribution in [-0.4, -0.2) is 11.1 Å². The Labute approximate surface area is 469 Å². The molecular formula is C60H25BF20NO3P. The summed E-state index contributed by atoms with van der Waals surface area (Å²) < 4.78 is 302. The number of nitro groups is 1. The maximum absolute atomic E-state index is 15.4. The lowest BCUT2D eigenvalue weighted by Crippen LogP contribution is -2.81. The van der Waals surface area contributed by atoms with Gasteiger partial charge in [0.15, 0.2) is 75.6 Å². The van der Waals surface area contributed by atoms with Crippen molar-refractivity contribution in [2.75, 3.05) is 0 Å². The van der Waals surface area contributed by atoms with E-state index in [0.29, 0.717) is 16.5 Å². The molecule has 0 fully saturated rings. The topological polar surface area (TPSA) is 52.4 Å². The predicted octanol–water partition coefficient (Wildman–Crippen LogP) is 14.2. The Balaban J connectivity index is 0.000000191. The molecule has 0 aliphatic rings. The normalized spacial score (nSPS) is 11.8. The van der Waals surface area contributed by atoms with Crippen molar-refractivity contribution in [1.29, 1.82) is 0 Å². The molecule has 0 N–H and O–H groups in total. The molecule has 0 heterocycles. The summed E-state index contributed by atoms with van der Waals surface area (Å²) in [6.45, 7) is 0. The first-order valence-corrected chi connectivity index (χ1v) is 26.1. The van der Waals surface area contributed by atoms with Crippen molar-refractivity contribution in [3.8, 4) is 5.75 Å². The first-order valence-electron chi connectivity index (χ1n) is 24.4. The number of hydrogen-bond donors (Lipinski definition) is 0. The minimum absolute atomic E-state index is 0.0942. The summed E-state index contributed by atoms with van der Waals surface area (Å²) in [6, 6.07) is 50.5. The molecule has 0 saturated carbocycles. The van der Waals surface area contributed by atoms with Gasteiger partial charge in [0.05, 0.1) is 15.7 Å². The molecule has 0 unspecified atom stereocenters. The third kappa shape index (κ3) is 9.00. The van der Waals surface area contributed by atoms with Gasteiger partial charge >= 0.3 is 0 Å². The van der Waals surface area contributed by atoms with E-state index in [0.717, 1.165) is 37.5 Å². The fourth-order valence-electron chi connectivity index (χ4n) is 10.6. The van der Waals surface area contributed by atoms with E-state index in [9.17, 15) is 62.8 Å². The van der Waals surface area contributed by atoms with Crippen LogP contribution >= 0.6 is 7.49 Å². The molecule has 86 heavy (non-hydrogen) atoms. The van der Waals surface area contributed by atoms with Crippen molar-refractivity contribution >= 4 is 89.4 Å². The summed E-state index contributed by atoms with van der Waals surface area (Å²) in [5.74, 6) is -70.8. The highest BCUT2D eigenvalue weighted by molar-refractivity contribution is 7.92. The van der Waals surface area contributed by atoms with Crippen LogP contribution in [0.5, 0.6) is 5.75 Å². The summed E-state index contributed by atoms with van der Waals surface area (Å²) in [4.78, 5) is 12.3. The fraction of sp³-hybridized carbons (Fsp3) is 0. The van der Waals surface area contributed by atoms with Crippen LogP contribution in [0.1, 0.15) is 0 Å². The summed E-state index contributed by atoms with van der Waals surface area (Å²) in [7, 11) is -2.75. The molecule has 11 aromatic rings. The minimum Gasteiger partial charge on any atom is -0.333 e. The average molecular weight is 1230 g/mol. The zero-order valence-electron chi connectivity index (χ0n) is 42.2. The first-order chi connectivity index (χ1) is 40.9. The van der Waals surface area contributed by atoms with Crippen LogP contribution < -0.4 is 42.3 Å². The van der Waals surface area contributed by atoms with Crippen molar-refractivity contribution in [1.82, 2.24) is 0 Å². The van der Waals surface area contributed by atoms with E-state index < -0.39 is 152 Å². The molecule has 4 nitrogen and oxygen atoms in total. The minimum atomic E-state index is -7.22. The number of nitro benzene ring substituents is 1. The van der Waals surface area contributed by atoms with Crippen LogP contribution in [0, 0.1) is 126 Å². The summed E-state index contributed by atoms with van der Waals surface area (Å²) in [6.07, 6.45) is -7.22. The van der Waals surface area contributed by atoms with Crippen molar-refractivity contribution in [3.05, 3.63) is 278 Å². The van der Waals surface area contributed by atoms with Gasteiger partial charge in [-0.3, -0.25) is 10.1 Å².